The van der Waals surface area contributed by atoms with Gasteiger partial charge in [0, 0.05) is 7.11 Å². The second kappa shape index (κ2) is 4.56. The quantitative estimate of drug-likeness (QED) is 0.297. The first-order valence-corrected chi connectivity index (χ1v) is 4.07. The van der Waals surface area contributed by atoms with Crippen LogP contribution in [0.4, 0.5) is 0 Å². The Bertz CT molecular complexity index is 322. The van der Waals surface area contributed by atoms with Gasteiger partial charge in [-0.05, 0) is 6.92 Å². The highest BCUT2D eigenvalue weighted by Crippen LogP contribution is 2.03. The number of amidine groups is 1. The van der Waals surface area contributed by atoms with Crippen LogP contribution in [0.3, 0.4) is 0 Å². The van der Waals surface area contributed by atoms with Crippen molar-refractivity contribution in [3.8, 4) is 0 Å². The van der Waals surface area contributed by atoms with E-state index in [1.807, 2.05) is 6.92 Å². The maximum absolute atomic E-state index is 8.39. The second-order valence-electron chi connectivity index (χ2n) is 2.84. The van der Waals surface area contributed by atoms with Gasteiger partial charge < -0.3 is 15.7 Å². The summed E-state index contributed by atoms with van der Waals surface area (Å²) >= 11 is 0. The van der Waals surface area contributed by atoms with E-state index in [9.17, 15) is 0 Å². The van der Waals surface area contributed by atoms with E-state index < -0.39 is 0 Å². The molecule has 7 heteroatoms. The van der Waals surface area contributed by atoms with Crippen molar-refractivity contribution in [2.75, 3.05) is 13.7 Å². The average molecular weight is 199 g/mol. The summed E-state index contributed by atoms with van der Waals surface area (Å²) in [7, 11) is 1.61. The van der Waals surface area contributed by atoms with Gasteiger partial charge in [0.1, 0.15) is 6.33 Å². The number of oxime groups is 1. The molecule has 3 N–H and O–H groups in total. The first kappa shape index (κ1) is 10.5. The van der Waals surface area contributed by atoms with Crippen LogP contribution in [-0.2, 0) is 4.74 Å². The monoisotopic (exact) mass is 199 g/mol. The fourth-order valence-electron chi connectivity index (χ4n) is 0.967. The van der Waals surface area contributed by atoms with E-state index >= 15 is 0 Å². The Kier molecular flexibility index (Phi) is 3.41. The second-order valence-corrected chi connectivity index (χ2v) is 2.84. The first-order chi connectivity index (χ1) is 6.69. The summed E-state index contributed by atoms with van der Waals surface area (Å²) in [4.78, 5) is 3.87. The van der Waals surface area contributed by atoms with Crippen LogP contribution in [0.15, 0.2) is 11.5 Å². The van der Waals surface area contributed by atoms with Crippen molar-refractivity contribution >= 4 is 5.84 Å². The molecule has 0 aliphatic carbocycles. The number of methoxy groups -OCH3 is 1. The number of nitrogens with two attached hydrogens (primary N) is 1. The van der Waals surface area contributed by atoms with Crippen LogP contribution in [0.2, 0.25) is 0 Å². The number of aromatic nitrogens is 3. The summed E-state index contributed by atoms with van der Waals surface area (Å²) in [5, 5.41) is 15.2. The number of hydrogen-bond donors (Lipinski definition) is 2. The van der Waals surface area contributed by atoms with Crippen LogP contribution in [0.25, 0.3) is 0 Å². The lowest BCUT2D eigenvalue weighted by molar-refractivity contribution is 0.157. The van der Waals surface area contributed by atoms with Gasteiger partial charge in [-0.1, -0.05) is 5.16 Å². The molecule has 0 bridgehead atoms. The molecule has 7 nitrogen and oxygen atoms in total. The Labute approximate surface area is 81.2 Å². The van der Waals surface area contributed by atoms with E-state index in [-0.39, 0.29) is 17.7 Å². The molecule has 1 aromatic rings. The fraction of sp³-hybridized carbons (Fsp3) is 0.571. The van der Waals surface area contributed by atoms with Crippen LogP contribution in [-0.4, -0.2) is 39.5 Å². The highest BCUT2D eigenvalue weighted by molar-refractivity contribution is 5.93. The van der Waals surface area contributed by atoms with Gasteiger partial charge in [0.05, 0.1) is 12.6 Å². The number of rotatable bonds is 4. The highest BCUT2D eigenvalue weighted by atomic mass is 16.5. The summed E-state index contributed by atoms with van der Waals surface area (Å²) in [5.41, 5.74) is 5.31. The molecular formula is C7H13N5O2. The lowest BCUT2D eigenvalue weighted by Gasteiger charge is -2.08. The van der Waals surface area contributed by atoms with Crippen LogP contribution in [0.5, 0.6) is 0 Å². The zero-order chi connectivity index (χ0) is 10.6. The Hall–Kier alpha value is -1.63. The minimum absolute atomic E-state index is 0.0627. The summed E-state index contributed by atoms with van der Waals surface area (Å²) in [5.74, 6) is 0.101. The minimum atomic E-state index is -0.103. The van der Waals surface area contributed by atoms with E-state index in [1.54, 1.807) is 11.8 Å². The molecular weight excluding hydrogens is 186 g/mol. The predicted octanol–water partition coefficient (Wildman–Crippen LogP) is -0.420. The topological polar surface area (TPSA) is 98.6 Å². The number of hydrogen-bond acceptors (Lipinski definition) is 5. The normalized spacial score (nSPS) is 14.3. The maximum Gasteiger partial charge on any atom is 0.219 e. The van der Waals surface area contributed by atoms with Crippen LogP contribution < -0.4 is 5.73 Å². The van der Waals surface area contributed by atoms with Crippen molar-refractivity contribution in [3.05, 3.63) is 12.2 Å². The van der Waals surface area contributed by atoms with Crippen molar-refractivity contribution in [1.82, 2.24) is 14.8 Å². The molecule has 0 spiro atoms. The van der Waals surface area contributed by atoms with Gasteiger partial charge in [-0.25, -0.2) is 9.67 Å². The molecule has 0 radical (unpaired) electrons. The van der Waals surface area contributed by atoms with E-state index in [0.717, 1.165) is 0 Å². The molecule has 0 fully saturated rings. The third kappa shape index (κ3) is 2.19. The molecule has 1 aromatic heterocycles. The lowest BCUT2D eigenvalue weighted by atomic mass is 10.4. The smallest absolute Gasteiger partial charge is 0.219 e. The summed E-state index contributed by atoms with van der Waals surface area (Å²) in [6, 6.07) is 0.0627. The molecule has 0 saturated carbocycles. The Morgan fingerprint density at radius 3 is 3.14 bits per heavy atom. The molecule has 0 amide bonds. The van der Waals surface area contributed by atoms with Crippen LogP contribution in [0, 0.1) is 0 Å². The molecule has 0 aliphatic rings. The van der Waals surface area contributed by atoms with E-state index in [4.69, 9.17) is 15.7 Å². The number of ether oxygens (including phenoxy) is 1. The zero-order valence-electron chi connectivity index (χ0n) is 8.08. The summed E-state index contributed by atoms with van der Waals surface area (Å²) < 4.78 is 6.55. The van der Waals surface area contributed by atoms with Crippen molar-refractivity contribution in [2.24, 2.45) is 10.9 Å². The lowest BCUT2D eigenvalue weighted by Crippen LogP contribution is -2.17. The summed E-state index contributed by atoms with van der Waals surface area (Å²) in [6.45, 7) is 2.45. The molecule has 14 heavy (non-hydrogen) atoms. The van der Waals surface area contributed by atoms with Gasteiger partial charge in [-0.3, -0.25) is 0 Å². The van der Waals surface area contributed by atoms with Gasteiger partial charge in [0.2, 0.25) is 11.7 Å². The summed E-state index contributed by atoms with van der Waals surface area (Å²) in [6.07, 6.45) is 1.51. The average Bonchev–Trinajstić information content (AvgIpc) is 2.66. The molecule has 0 saturated heterocycles. The highest BCUT2D eigenvalue weighted by Gasteiger charge is 2.09. The van der Waals surface area contributed by atoms with Crippen molar-refractivity contribution in [1.29, 1.82) is 0 Å². The van der Waals surface area contributed by atoms with Gasteiger partial charge in [0.15, 0.2) is 0 Å². The minimum Gasteiger partial charge on any atom is -0.409 e. The fourth-order valence-corrected chi connectivity index (χ4v) is 0.967. The van der Waals surface area contributed by atoms with Crippen LogP contribution in [0.1, 0.15) is 18.8 Å². The maximum atomic E-state index is 8.39. The van der Waals surface area contributed by atoms with Gasteiger partial charge in [0.25, 0.3) is 0 Å². The predicted molar refractivity (Wildman–Crippen MR) is 49.1 cm³/mol. The molecule has 1 heterocycles. The molecule has 0 aromatic carbocycles. The third-order valence-electron chi connectivity index (χ3n) is 1.70. The Morgan fingerprint density at radius 2 is 2.57 bits per heavy atom. The van der Waals surface area contributed by atoms with E-state index in [2.05, 4.69) is 15.2 Å². The molecule has 1 rings (SSSR count). The van der Waals surface area contributed by atoms with Gasteiger partial charge in [-0.15, -0.1) is 5.10 Å². The van der Waals surface area contributed by atoms with E-state index in [0.29, 0.717) is 6.61 Å². The SMILES string of the molecule is COCC(C)n1cnc(C(N)=NO)n1. The Morgan fingerprint density at radius 1 is 1.86 bits per heavy atom. The first-order valence-electron chi connectivity index (χ1n) is 4.07. The van der Waals surface area contributed by atoms with Crippen molar-refractivity contribution < 1.29 is 9.94 Å². The molecule has 1 atom stereocenters. The van der Waals surface area contributed by atoms with Crippen LogP contribution >= 0.6 is 0 Å². The molecule has 0 aliphatic heterocycles. The van der Waals surface area contributed by atoms with Gasteiger partial charge in [-0.2, -0.15) is 0 Å². The molecule has 78 valence electrons. The zero-order valence-corrected chi connectivity index (χ0v) is 8.08. The Balaban J connectivity index is 2.77. The largest absolute Gasteiger partial charge is 0.409 e. The molecule has 1 unspecified atom stereocenters. The third-order valence-corrected chi connectivity index (χ3v) is 1.70. The van der Waals surface area contributed by atoms with E-state index in [1.165, 1.54) is 6.33 Å². The van der Waals surface area contributed by atoms with Gasteiger partial charge >= 0.3 is 0 Å². The number of nitrogens with zero attached hydrogens (tertiary/aromatic N) is 4. The van der Waals surface area contributed by atoms with Crippen molar-refractivity contribution in [3.63, 3.8) is 0 Å². The standard InChI is InChI=1S/C7H13N5O2/c1-5(3-14-2)12-4-9-7(10-12)6(8)11-13/h4-5,13H,3H2,1-2H3,(H2,8,11). The van der Waals surface area contributed by atoms with Crippen molar-refractivity contribution in [2.45, 2.75) is 13.0 Å².